The number of hydrogen-bond acceptors (Lipinski definition) is 3. The van der Waals surface area contributed by atoms with E-state index in [4.69, 9.17) is 9.47 Å². The molecule has 2 aromatic rings. The van der Waals surface area contributed by atoms with E-state index in [1.54, 1.807) is 7.11 Å². The average Bonchev–Trinajstić information content (AvgIpc) is 2.63. The minimum absolute atomic E-state index is 0.00548. The number of ether oxygens (including phenoxy) is 2. The molecular formula is C21H25NO3. The Kier molecular flexibility index (Phi) is 5.09. The van der Waals surface area contributed by atoms with Gasteiger partial charge in [-0.1, -0.05) is 42.5 Å². The van der Waals surface area contributed by atoms with Crippen molar-refractivity contribution >= 4 is 5.91 Å². The molecule has 3 rings (SSSR count). The van der Waals surface area contributed by atoms with Gasteiger partial charge >= 0.3 is 0 Å². The Labute approximate surface area is 149 Å². The fraction of sp³-hybridized carbons (Fsp3) is 0.381. The monoisotopic (exact) mass is 339 g/mol. The zero-order valence-electron chi connectivity index (χ0n) is 15.1. The van der Waals surface area contributed by atoms with Crippen LogP contribution in [0.1, 0.15) is 29.8 Å². The van der Waals surface area contributed by atoms with Crippen LogP contribution < -0.4 is 4.74 Å². The van der Waals surface area contributed by atoms with E-state index in [-0.39, 0.29) is 17.6 Å². The van der Waals surface area contributed by atoms with Crippen molar-refractivity contribution in [2.24, 2.45) is 0 Å². The van der Waals surface area contributed by atoms with Crippen LogP contribution in [-0.2, 0) is 11.2 Å². The summed E-state index contributed by atoms with van der Waals surface area (Å²) in [5, 5.41) is 0. The Hall–Kier alpha value is -2.33. The van der Waals surface area contributed by atoms with Crippen molar-refractivity contribution in [2.45, 2.75) is 31.9 Å². The second-order valence-electron chi connectivity index (χ2n) is 7.05. The number of amides is 1. The number of morpholine rings is 1. The smallest absolute Gasteiger partial charge is 0.258 e. The van der Waals surface area contributed by atoms with Gasteiger partial charge < -0.3 is 14.4 Å². The molecule has 25 heavy (non-hydrogen) atoms. The van der Waals surface area contributed by atoms with Gasteiger partial charge in [-0.2, -0.15) is 0 Å². The Morgan fingerprint density at radius 2 is 1.84 bits per heavy atom. The highest BCUT2D eigenvalue weighted by atomic mass is 16.5. The molecule has 0 N–H and O–H groups in total. The number of para-hydroxylation sites is 1. The Morgan fingerprint density at radius 1 is 1.16 bits per heavy atom. The van der Waals surface area contributed by atoms with Crippen molar-refractivity contribution in [3.05, 3.63) is 65.7 Å². The highest BCUT2D eigenvalue weighted by Crippen LogP contribution is 2.28. The molecule has 0 aromatic heterocycles. The van der Waals surface area contributed by atoms with Gasteiger partial charge in [-0.3, -0.25) is 4.79 Å². The minimum atomic E-state index is -0.356. The Morgan fingerprint density at radius 3 is 2.56 bits per heavy atom. The number of hydrogen-bond donors (Lipinski definition) is 0. The van der Waals surface area contributed by atoms with E-state index >= 15 is 0 Å². The number of nitrogens with zero attached hydrogens (tertiary/aromatic N) is 1. The molecule has 1 aliphatic rings. The zero-order valence-corrected chi connectivity index (χ0v) is 15.1. The van der Waals surface area contributed by atoms with Gasteiger partial charge in [0.05, 0.1) is 30.9 Å². The average molecular weight is 339 g/mol. The highest BCUT2D eigenvalue weighted by molar-refractivity contribution is 5.97. The maximum atomic E-state index is 13.2. The standard InChI is InChI=1S/C21H25NO3/c1-21(2)15-25-17(13-16-9-5-4-6-10-16)14-22(21)20(23)18-11-7-8-12-19(18)24-3/h4-12,17H,13-15H2,1-3H3. The third-order valence-corrected chi connectivity index (χ3v) is 4.68. The number of benzene rings is 2. The largest absolute Gasteiger partial charge is 0.496 e. The molecule has 1 unspecified atom stereocenters. The lowest BCUT2D eigenvalue weighted by molar-refractivity contribution is -0.0822. The van der Waals surface area contributed by atoms with Crippen LogP contribution in [0.5, 0.6) is 5.75 Å². The van der Waals surface area contributed by atoms with Gasteiger partial charge in [-0.15, -0.1) is 0 Å². The van der Waals surface area contributed by atoms with Crippen molar-refractivity contribution in [3.8, 4) is 5.75 Å². The number of rotatable bonds is 4. The quantitative estimate of drug-likeness (QED) is 0.855. The Balaban J connectivity index is 1.81. The van der Waals surface area contributed by atoms with Crippen LogP contribution in [0.2, 0.25) is 0 Å². The number of methoxy groups -OCH3 is 1. The fourth-order valence-electron chi connectivity index (χ4n) is 3.23. The lowest BCUT2D eigenvalue weighted by Crippen LogP contribution is -2.58. The van der Waals surface area contributed by atoms with Crippen molar-refractivity contribution < 1.29 is 14.3 Å². The van der Waals surface area contributed by atoms with Gasteiger partial charge in [0.25, 0.3) is 5.91 Å². The summed E-state index contributed by atoms with van der Waals surface area (Å²) in [4.78, 5) is 15.1. The van der Waals surface area contributed by atoms with Crippen LogP contribution >= 0.6 is 0 Å². The van der Waals surface area contributed by atoms with E-state index in [0.717, 1.165) is 6.42 Å². The lowest BCUT2D eigenvalue weighted by atomic mass is 9.96. The number of carbonyl (C=O) groups is 1. The van der Waals surface area contributed by atoms with E-state index in [1.807, 2.05) is 61.2 Å². The first-order valence-electron chi connectivity index (χ1n) is 8.62. The van der Waals surface area contributed by atoms with Crippen molar-refractivity contribution in [1.29, 1.82) is 0 Å². The van der Waals surface area contributed by atoms with Gasteiger partial charge in [-0.05, 0) is 31.5 Å². The molecule has 0 radical (unpaired) electrons. The van der Waals surface area contributed by atoms with Crippen LogP contribution in [0, 0.1) is 0 Å². The van der Waals surface area contributed by atoms with E-state index in [9.17, 15) is 4.79 Å². The Bertz CT molecular complexity index is 727. The van der Waals surface area contributed by atoms with E-state index in [1.165, 1.54) is 5.56 Å². The first-order valence-corrected chi connectivity index (χ1v) is 8.62. The van der Waals surface area contributed by atoms with Gasteiger partial charge in [0.1, 0.15) is 5.75 Å². The van der Waals surface area contributed by atoms with E-state index in [2.05, 4.69) is 12.1 Å². The molecule has 1 heterocycles. The molecule has 132 valence electrons. The SMILES string of the molecule is COc1ccccc1C(=O)N1CC(Cc2ccccc2)OCC1(C)C. The molecule has 1 amide bonds. The minimum Gasteiger partial charge on any atom is -0.496 e. The van der Waals surface area contributed by atoms with E-state index in [0.29, 0.717) is 24.5 Å². The topological polar surface area (TPSA) is 38.8 Å². The first-order chi connectivity index (χ1) is 12.0. The van der Waals surface area contributed by atoms with E-state index < -0.39 is 0 Å². The summed E-state index contributed by atoms with van der Waals surface area (Å²) in [6.07, 6.45) is 0.793. The van der Waals surface area contributed by atoms with Crippen molar-refractivity contribution in [3.63, 3.8) is 0 Å². The van der Waals surface area contributed by atoms with Crippen LogP contribution in [0.25, 0.3) is 0 Å². The summed E-state index contributed by atoms with van der Waals surface area (Å²) in [5.41, 5.74) is 1.46. The molecule has 1 saturated heterocycles. The summed E-state index contributed by atoms with van der Waals surface area (Å²) in [6, 6.07) is 17.6. The summed E-state index contributed by atoms with van der Waals surface area (Å²) >= 11 is 0. The van der Waals surface area contributed by atoms with Gasteiger partial charge in [0.15, 0.2) is 0 Å². The summed E-state index contributed by atoms with van der Waals surface area (Å²) < 4.78 is 11.4. The first kappa shape index (κ1) is 17.5. The lowest BCUT2D eigenvalue weighted by Gasteiger charge is -2.45. The molecule has 0 bridgehead atoms. The van der Waals surface area contributed by atoms with Crippen LogP contribution in [0.15, 0.2) is 54.6 Å². The molecule has 4 heteroatoms. The van der Waals surface area contributed by atoms with Gasteiger partial charge in [0, 0.05) is 13.0 Å². The predicted molar refractivity (Wildman–Crippen MR) is 98.0 cm³/mol. The van der Waals surface area contributed by atoms with Crippen LogP contribution in [-0.4, -0.2) is 42.7 Å². The highest BCUT2D eigenvalue weighted by Gasteiger charge is 2.39. The van der Waals surface area contributed by atoms with Crippen molar-refractivity contribution in [1.82, 2.24) is 4.90 Å². The summed E-state index contributed by atoms with van der Waals surface area (Å²) in [7, 11) is 1.59. The molecule has 1 aliphatic heterocycles. The van der Waals surface area contributed by atoms with Crippen LogP contribution in [0.3, 0.4) is 0 Å². The van der Waals surface area contributed by atoms with Gasteiger partial charge in [-0.25, -0.2) is 0 Å². The van der Waals surface area contributed by atoms with Crippen molar-refractivity contribution in [2.75, 3.05) is 20.3 Å². The maximum Gasteiger partial charge on any atom is 0.258 e. The molecule has 0 spiro atoms. The fourth-order valence-corrected chi connectivity index (χ4v) is 3.23. The molecular weight excluding hydrogens is 314 g/mol. The summed E-state index contributed by atoms with van der Waals surface area (Å²) in [6.45, 7) is 5.17. The molecule has 2 aromatic carbocycles. The van der Waals surface area contributed by atoms with Gasteiger partial charge in [0.2, 0.25) is 0 Å². The molecule has 0 saturated carbocycles. The second-order valence-corrected chi connectivity index (χ2v) is 7.05. The van der Waals surface area contributed by atoms with Crippen LogP contribution in [0.4, 0.5) is 0 Å². The molecule has 0 aliphatic carbocycles. The molecule has 1 atom stereocenters. The molecule has 1 fully saturated rings. The summed E-state index contributed by atoms with van der Waals surface area (Å²) in [5.74, 6) is 0.596. The second kappa shape index (κ2) is 7.28. The number of carbonyl (C=O) groups excluding carboxylic acids is 1. The predicted octanol–water partition coefficient (Wildman–Crippen LogP) is 3.56. The normalized spacial score (nSPS) is 19.5. The third-order valence-electron chi connectivity index (χ3n) is 4.68. The maximum absolute atomic E-state index is 13.2. The molecule has 4 nitrogen and oxygen atoms in total. The third kappa shape index (κ3) is 3.85. The zero-order chi connectivity index (χ0) is 17.9.